The highest BCUT2D eigenvalue weighted by Gasteiger charge is 2.48. The SMILES string of the molecule is CC[N+]1=C[NH+](C)C=C1.O=S(=O)([O-])C(F)(F)C(F)F. The van der Waals surface area contributed by atoms with Crippen molar-refractivity contribution in [3.8, 4) is 0 Å². The second kappa shape index (κ2) is 6.25. The first kappa shape index (κ1) is 17.0. The van der Waals surface area contributed by atoms with E-state index in [4.69, 9.17) is 0 Å². The maximum absolute atomic E-state index is 11.4. The number of nitrogens with one attached hydrogen (secondary N) is 1. The van der Waals surface area contributed by atoms with Crippen molar-refractivity contribution < 1.29 is 40.0 Å². The van der Waals surface area contributed by atoms with Gasteiger partial charge >= 0.3 is 18.0 Å². The van der Waals surface area contributed by atoms with Gasteiger partial charge in [0.05, 0.1) is 7.05 Å². The standard InChI is InChI=1S/C6H11N2.C2H2F4O3S/c1-3-8-5-4-7(2)6-8;3-1(4)2(5,6)10(7,8)9/h4-6H,3H2,1-2H3;1H,(H,7,8,9)/q+1;. The Bertz CT molecular complexity index is 434. The van der Waals surface area contributed by atoms with E-state index < -0.39 is 21.8 Å². The van der Waals surface area contributed by atoms with Crippen LogP contribution >= 0.6 is 0 Å². The van der Waals surface area contributed by atoms with Crippen LogP contribution in [-0.2, 0) is 10.1 Å². The van der Waals surface area contributed by atoms with Crippen LogP contribution in [0.2, 0.25) is 0 Å². The lowest BCUT2D eigenvalue weighted by Crippen LogP contribution is -3.02. The van der Waals surface area contributed by atoms with Gasteiger partial charge in [-0.05, 0) is 6.92 Å². The predicted molar refractivity (Wildman–Crippen MR) is 53.5 cm³/mol. The minimum absolute atomic E-state index is 1.08. The number of hydrogen-bond acceptors (Lipinski definition) is 3. The van der Waals surface area contributed by atoms with E-state index in [1.165, 1.54) is 4.90 Å². The summed E-state index contributed by atoms with van der Waals surface area (Å²) in [5.41, 5.74) is 0. The van der Waals surface area contributed by atoms with E-state index in [9.17, 15) is 30.5 Å². The molecule has 1 unspecified atom stereocenters. The fourth-order valence-electron chi connectivity index (χ4n) is 0.867. The molecule has 18 heavy (non-hydrogen) atoms. The Balaban J connectivity index is 0.000000327. The first-order valence-electron chi connectivity index (χ1n) is 4.76. The van der Waals surface area contributed by atoms with Gasteiger partial charge in [-0.2, -0.15) is 13.4 Å². The molecular formula is C8H13F4N2O3S+. The zero-order valence-electron chi connectivity index (χ0n) is 9.61. The van der Waals surface area contributed by atoms with E-state index in [1.54, 1.807) is 0 Å². The molecule has 10 heteroatoms. The quantitative estimate of drug-likeness (QED) is 0.431. The highest BCUT2D eigenvalue weighted by molar-refractivity contribution is 7.86. The van der Waals surface area contributed by atoms with Crippen molar-refractivity contribution in [3.05, 3.63) is 12.4 Å². The number of nitrogens with zero attached hydrogens (tertiary/aromatic N) is 1. The van der Waals surface area contributed by atoms with Gasteiger partial charge in [0.25, 0.3) is 0 Å². The van der Waals surface area contributed by atoms with Crippen molar-refractivity contribution >= 4 is 16.5 Å². The summed E-state index contributed by atoms with van der Waals surface area (Å²) in [6.45, 7) is 3.22. The minimum Gasteiger partial charge on any atom is -0.743 e. The van der Waals surface area contributed by atoms with E-state index in [0.29, 0.717) is 0 Å². The molecule has 0 aromatic carbocycles. The molecule has 1 rings (SSSR count). The number of hydrogen-bond donors (Lipinski definition) is 1. The summed E-state index contributed by atoms with van der Waals surface area (Å²) in [5.74, 6) is 0. The maximum atomic E-state index is 11.4. The van der Waals surface area contributed by atoms with E-state index in [2.05, 4.69) is 37.3 Å². The summed E-state index contributed by atoms with van der Waals surface area (Å²) < 4.78 is 74.9. The fourth-order valence-corrected chi connectivity index (χ4v) is 1.08. The third-order valence-corrected chi connectivity index (χ3v) is 2.70. The normalized spacial score (nSPS) is 19.6. The average Bonchev–Trinajstić information content (AvgIpc) is 2.63. The van der Waals surface area contributed by atoms with Crippen molar-refractivity contribution in [1.29, 1.82) is 0 Å². The first-order chi connectivity index (χ1) is 8.02. The molecule has 1 aliphatic rings. The highest BCUT2D eigenvalue weighted by Crippen LogP contribution is 2.27. The molecule has 0 fully saturated rings. The van der Waals surface area contributed by atoms with E-state index in [-0.39, 0.29) is 0 Å². The molecular weight excluding hydrogens is 280 g/mol. The molecule has 0 saturated carbocycles. The molecule has 0 amide bonds. The molecule has 106 valence electrons. The summed E-state index contributed by atoms with van der Waals surface area (Å²) in [7, 11) is -4.13. The topological polar surface area (TPSA) is 64.7 Å². The Morgan fingerprint density at radius 2 is 1.94 bits per heavy atom. The van der Waals surface area contributed by atoms with Crippen LogP contribution in [0.15, 0.2) is 12.4 Å². The third kappa shape index (κ3) is 4.70. The van der Waals surface area contributed by atoms with Crippen LogP contribution in [0, 0.1) is 0 Å². The molecule has 1 atom stereocenters. The highest BCUT2D eigenvalue weighted by atomic mass is 32.2. The maximum Gasteiger partial charge on any atom is 0.393 e. The summed E-state index contributed by atoms with van der Waals surface area (Å²) in [5, 5.41) is -5.48. The third-order valence-electron chi connectivity index (χ3n) is 1.85. The van der Waals surface area contributed by atoms with Crippen molar-refractivity contribution in [2.75, 3.05) is 13.6 Å². The van der Waals surface area contributed by atoms with Gasteiger partial charge in [-0.15, -0.1) is 0 Å². The minimum atomic E-state index is -6.23. The largest absolute Gasteiger partial charge is 0.743 e. The van der Waals surface area contributed by atoms with E-state index >= 15 is 0 Å². The lowest BCUT2D eigenvalue weighted by atomic mass is 10.7. The van der Waals surface area contributed by atoms with Crippen LogP contribution in [0.25, 0.3) is 0 Å². The Labute approximate surface area is 102 Å². The van der Waals surface area contributed by atoms with E-state index in [0.717, 1.165) is 6.54 Å². The molecule has 0 bridgehead atoms. The Kier molecular flexibility index (Phi) is 5.90. The van der Waals surface area contributed by atoms with Crippen LogP contribution in [0.5, 0.6) is 0 Å². The van der Waals surface area contributed by atoms with Crippen LogP contribution in [0.1, 0.15) is 6.92 Å². The van der Waals surface area contributed by atoms with Crippen LogP contribution < -0.4 is 4.90 Å². The van der Waals surface area contributed by atoms with Crippen LogP contribution in [-0.4, -0.2) is 49.2 Å². The molecule has 0 aliphatic carbocycles. The predicted octanol–water partition coefficient (Wildman–Crippen LogP) is -0.564. The first-order valence-corrected chi connectivity index (χ1v) is 6.17. The molecule has 1 aliphatic heterocycles. The van der Waals surface area contributed by atoms with Crippen molar-refractivity contribution in [1.82, 2.24) is 0 Å². The number of rotatable bonds is 3. The van der Waals surface area contributed by atoms with Crippen molar-refractivity contribution in [3.63, 3.8) is 0 Å². The Morgan fingerprint density at radius 1 is 1.44 bits per heavy atom. The van der Waals surface area contributed by atoms with E-state index in [1.807, 2.05) is 0 Å². The van der Waals surface area contributed by atoms with Crippen molar-refractivity contribution in [2.45, 2.75) is 18.6 Å². The fraction of sp³-hybridized carbons (Fsp3) is 0.625. The molecule has 1 heterocycles. The molecule has 0 aromatic rings. The molecule has 0 radical (unpaired) electrons. The zero-order valence-corrected chi connectivity index (χ0v) is 10.4. The Hall–Kier alpha value is -1.00. The summed E-state index contributed by atoms with van der Waals surface area (Å²) >= 11 is 0. The van der Waals surface area contributed by atoms with Crippen molar-refractivity contribution in [2.24, 2.45) is 0 Å². The van der Waals surface area contributed by atoms with Gasteiger partial charge in [-0.1, -0.05) is 0 Å². The zero-order chi connectivity index (χ0) is 14.6. The second-order valence-corrected chi connectivity index (χ2v) is 4.79. The summed E-state index contributed by atoms with van der Waals surface area (Å²) in [6.07, 6.45) is 1.87. The smallest absolute Gasteiger partial charge is 0.393 e. The van der Waals surface area contributed by atoms with Gasteiger partial charge in [0.15, 0.2) is 22.9 Å². The second-order valence-electron chi connectivity index (χ2n) is 3.34. The Morgan fingerprint density at radius 3 is 2.06 bits per heavy atom. The molecule has 0 aromatic heterocycles. The van der Waals surface area contributed by atoms with Gasteiger partial charge in [0.2, 0.25) is 6.20 Å². The van der Waals surface area contributed by atoms with Gasteiger partial charge < -0.3 is 4.55 Å². The van der Waals surface area contributed by atoms with Crippen LogP contribution in [0.4, 0.5) is 17.6 Å². The van der Waals surface area contributed by atoms with Gasteiger partial charge in [0, 0.05) is 0 Å². The van der Waals surface area contributed by atoms with Crippen LogP contribution in [0.3, 0.4) is 0 Å². The monoisotopic (exact) mass is 293 g/mol. The van der Waals surface area contributed by atoms with Gasteiger partial charge in [0.1, 0.15) is 0 Å². The summed E-state index contributed by atoms with van der Waals surface area (Å²) in [6, 6.07) is 0. The molecule has 0 saturated heterocycles. The van der Waals surface area contributed by atoms with Gasteiger partial charge in [-0.3, -0.25) is 0 Å². The molecule has 0 spiro atoms. The lowest BCUT2D eigenvalue weighted by Gasteiger charge is -2.17. The van der Waals surface area contributed by atoms with Gasteiger partial charge in [-0.25, -0.2) is 22.1 Å². The molecule has 5 nitrogen and oxygen atoms in total. The number of alkyl halides is 4. The molecule has 1 N–H and O–H groups in total. The summed E-state index contributed by atoms with van der Waals surface area (Å²) in [4.78, 5) is 1.34. The number of quaternary nitrogens is 1. The lowest BCUT2D eigenvalue weighted by molar-refractivity contribution is -0.724. The number of halogens is 4. The average molecular weight is 293 g/mol.